The number of likely N-dealkylation sites (N-methyl/N-ethyl adjacent to an activating group) is 3. The Kier molecular flexibility index (Phi) is 31.4. The quantitative estimate of drug-likeness (QED) is 0.231. The van der Waals surface area contributed by atoms with Crippen molar-refractivity contribution in [3.63, 3.8) is 0 Å². The molecule has 18 fully saturated rings. The molecule has 18 aliphatic rings. The number of piperidine rings is 2. The summed E-state index contributed by atoms with van der Waals surface area (Å²) in [6.45, 7) is 26.3. The van der Waals surface area contributed by atoms with E-state index in [9.17, 15) is 0 Å². The molecular formula is C71H140N12O2S2. The van der Waals surface area contributed by atoms with Gasteiger partial charge in [-0.15, -0.1) is 11.8 Å². The molecule has 5 atom stereocenters. The highest BCUT2D eigenvalue weighted by Crippen LogP contribution is 2.48. The first-order valence-electron chi connectivity index (χ1n) is 36.8. The maximum Gasteiger partial charge on any atom is 0.0707 e. The number of ether oxygens (including phenoxy) is 2. The van der Waals surface area contributed by atoms with Gasteiger partial charge in [-0.1, -0.05) is 25.7 Å². The van der Waals surface area contributed by atoms with Gasteiger partial charge in [0.25, 0.3) is 0 Å². The van der Waals surface area contributed by atoms with E-state index in [0.717, 1.165) is 85.2 Å². The minimum absolute atomic E-state index is 0.564. The van der Waals surface area contributed by atoms with Crippen LogP contribution in [0.1, 0.15) is 167 Å². The summed E-state index contributed by atoms with van der Waals surface area (Å²) < 4.78 is 11.5. The zero-order chi connectivity index (χ0) is 61.7. The Morgan fingerprint density at radius 2 is 0.816 bits per heavy atom. The third kappa shape index (κ3) is 24.4. The van der Waals surface area contributed by atoms with Gasteiger partial charge in [0.15, 0.2) is 0 Å². The Morgan fingerprint density at radius 3 is 1.16 bits per heavy atom. The summed E-state index contributed by atoms with van der Waals surface area (Å²) in [6.07, 6.45) is 39.1. The summed E-state index contributed by atoms with van der Waals surface area (Å²) in [5.74, 6) is 3.98. The Morgan fingerprint density at radius 1 is 0.322 bits per heavy atom. The van der Waals surface area contributed by atoms with Crippen LogP contribution in [0.15, 0.2) is 0 Å². The smallest absolute Gasteiger partial charge is 0.0707 e. The lowest BCUT2D eigenvalue weighted by molar-refractivity contribution is -0.0436. The third-order valence-electron chi connectivity index (χ3n) is 23.9. The maximum atomic E-state index is 5.63. The van der Waals surface area contributed by atoms with Crippen molar-refractivity contribution in [1.29, 1.82) is 0 Å². The minimum Gasteiger partial charge on any atom is -0.379 e. The molecule has 0 aromatic rings. The van der Waals surface area contributed by atoms with E-state index < -0.39 is 0 Å². The van der Waals surface area contributed by atoms with E-state index in [0.29, 0.717) is 12.2 Å². The van der Waals surface area contributed by atoms with E-state index >= 15 is 0 Å². The predicted molar refractivity (Wildman–Crippen MR) is 376 cm³/mol. The van der Waals surface area contributed by atoms with Crippen LogP contribution in [0.5, 0.6) is 0 Å². The maximum absolute atomic E-state index is 5.63. The summed E-state index contributed by atoms with van der Waals surface area (Å²) in [5.41, 5.74) is 1.65. The molecule has 6 bridgehead atoms. The van der Waals surface area contributed by atoms with Gasteiger partial charge in [0.2, 0.25) is 0 Å². The van der Waals surface area contributed by atoms with Crippen LogP contribution in [0.3, 0.4) is 0 Å². The average molecular weight is 1260 g/mol. The van der Waals surface area contributed by atoms with Crippen LogP contribution in [0.4, 0.5) is 0 Å². The van der Waals surface area contributed by atoms with Crippen LogP contribution >= 0.6 is 23.5 Å². The van der Waals surface area contributed by atoms with Gasteiger partial charge in [-0.3, -0.25) is 9.80 Å². The van der Waals surface area contributed by atoms with Crippen molar-refractivity contribution in [2.45, 2.75) is 214 Å². The molecule has 3 spiro atoms. The summed E-state index contributed by atoms with van der Waals surface area (Å²) in [7, 11) is 24.2. The molecule has 16 heteroatoms. The number of hydrogen-bond donors (Lipinski definition) is 0. The number of thioether (sulfide) groups is 2. The van der Waals surface area contributed by atoms with Gasteiger partial charge >= 0.3 is 0 Å². The highest BCUT2D eigenvalue weighted by molar-refractivity contribution is 8.02. The zero-order valence-electron chi connectivity index (χ0n) is 58.9. The molecule has 508 valence electrons. The van der Waals surface area contributed by atoms with Gasteiger partial charge in [0, 0.05) is 125 Å². The topological polar surface area (TPSA) is 57.3 Å². The normalized spacial score (nSPS) is 34.7. The van der Waals surface area contributed by atoms with Crippen LogP contribution in [0.2, 0.25) is 0 Å². The molecule has 16 saturated heterocycles. The Balaban J connectivity index is 0.000000125. The highest BCUT2D eigenvalue weighted by Gasteiger charge is 2.47. The van der Waals surface area contributed by atoms with E-state index in [-0.39, 0.29) is 0 Å². The van der Waals surface area contributed by atoms with Crippen molar-refractivity contribution >= 4 is 23.5 Å². The van der Waals surface area contributed by atoms with Crippen molar-refractivity contribution < 1.29 is 9.47 Å². The summed E-state index contributed by atoms with van der Waals surface area (Å²) in [5, 5.41) is 0. The standard InChI is InChI=1S/C10H19N.C8H16N2.C8H15N.C7H13NO.2C7H13N.C6H11NS.C5H11NO.C5H11N.C4H9NS.C4H9N/c1-11-8-6-10(7-9-11)4-2-3-5-10;1-9-5-6-10-4-2-3-8(10)7-9;1-9-7-3-2-4-8(9)6-5-7;1-8-4-6-2-3-7(5-8)9-6;1-8-6-2-3-7(8)5-4-6;1-8-5-7(6-8)3-2-4-7;1-7-4-6(5-7)2-3-8-6;1-6-2-4-7-5-3-6;1-6-4-2-3-5-6;1-5-2-3-6-4-5;1-5-3-2-4-5/h2-9H2,1H3;8H,2-7H2,1H3;7-8H,2-6H2,1H3;6-7H,2-5H2,1H3;6-7H,2-5H2,1H3;2-6H2,1H3;2-5H2,1H3;2-5H2,1H3;2-5H2,1H3;2-4H2,1H3;2-4H2,1H3. The van der Waals surface area contributed by atoms with E-state index in [1.54, 1.807) is 0 Å². The lowest BCUT2D eigenvalue weighted by atomic mass is 9.64. The first-order chi connectivity index (χ1) is 42.0. The first-order valence-corrected chi connectivity index (χ1v) is 38.9. The summed E-state index contributed by atoms with van der Waals surface area (Å²) in [6, 6.07) is 4.77. The molecular weight excluding hydrogens is 1120 g/mol. The number of nitrogens with zero attached hydrogens (tertiary/aromatic N) is 12. The molecule has 2 saturated carbocycles. The van der Waals surface area contributed by atoms with Crippen molar-refractivity contribution in [2.75, 3.05) is 232 Å². The molecule has 0 amide bonds. The first kappa shape index (κ1) is 73.0. The molecule has 2 aliphatic carbocycles. The Bertz CT molecular complexity index is 1730. The fourth-order valence-electron chi connectivity index (χ4n) is 17.4. The molecule has 0 radical (unpaired) electrons. The van der Waals surface area contributed by atoms with E-state index in [1.165, 1.54) is 282 Å². The molecule has 16 aliphatic heterocycles. The minimum atomic E-state index is 0.564. The molecule has 0 aromatic heterocycles. The zero-order valence-corrected chi connectivity index (χ0v) is 60.5. The lowest BCUT2D eigenvalue weighted by Gasteiger charge is -2.54. The number of rotatable bonds is 0. The fourth-order valence-corrected chi connectivity index (χ4v) is 19.8. The third-order valence-corrected chi connectivity index (χ3v) is 26.5. The summed E-state index contributed by atoms with van der Waals surface area (Å²) in [4.78, 5) is 29.1. The van der Waals surface area contributed by atoms with E-state index in [4.69, 9.17) is 9.47 Å². The second kappa shape index (κ2) is 37.4. The SMILES string of the molecule is CN1C2CCC1CC2.CN1C2CCCC1CC2.CN1CC2(CCC2)C1.CN1CC2(CCS2)C1.CN1CC2CCC(C1)O2.CN1CCC1.CN1CCC2(CCCC2)CC1.CN1CCCC1.CN1CCN2CCCC2C1.CN1CCOCC1.CN1CCSC1. The van der Waals surface area contributed by atoms with Gasteiger partial charge in [-0.05, 0) is 281 Å². The van der Waals surface area contributed by atoms with Crippen LogP contribution in [0, 0.1) is 10.8 Å². The number of morpholine rings is 2. The van der Waals surface area contributed by atoms with Gasteiger partial charge in [-0.2, -0.15) is 11.8 Å². The van der Waals surface area contributed by atoms with Crippen LogP contribution < -0.4 is 0 Å². The fraction of sp³-hybridized carbons (Fsp3) is 1.00. The number of fused-ring (bicyclic) bond motifs is 7. The van der Waals surface area contributed by atoms with Crippen molar-refractivity contribution in [1.82, 2.24) is 58.8 Å². The average Bonchev–Trinajstić information content (AvgIpc) is 2.21. The van der Waals surface area contributed by atoms with Gasteiger partial charge in [-0.25, -0.2) is 0 Å². The Hall–Kier alpha value is 0.140. The number of piperazine rings is 1. The van der Waals surface area contributed by atoms with Gasteiger partial charge in [0.1, 0.15) is 0 Å². The van der Waals surface area contributed by atoms with E-state index in [1.807, 2.05) is 11.8 Å². The second-order valence-electron chi connectivity index (χ2n) is 31.6. The van der Waals surface area contributed by atoms with Crippen molar-refractivity contribution in [3.8, 4) is 0 Å². The molecule has 5 unspecified atom stereocenters. The molecule has 16 heterocycles. The molecule has 18 rings (SSSR count). The van der Waals surface area contributed by atoms with Crippen molar-refractivity contribution in [2.24, 2.45) is 10.8 Å². The van der Waals surface area contributed by atoms with Gasteiger partial charge < -0.3 is 58.5 Å². The largest absolute Gasteiger partial charge is 0.379 e. The van der Waals surface area contributed by atoms with Crippen molar-refractivity contribution in [3.05, 3.63) is 0 Å². The number of likely N-dealkylation sites (tertiary alicyclic amines) is 6. The predicted octanol–water partition coefficient (Wildman–Crippen LogP) is 9.54. The molecule has 0 aromatic carbocycles. The van der Waals surface area contributed by atoms with Crippen LogP contribution in [-0.4, -0.2) is 338 Å². The highest BCUT2D eigenvalue weighted by atomic mass is 32.2. The summed E-state index contributed by atoms with van der Waals surface area (Å²) >= 11 is 4.16. The molecule has 14 nitrogen and oxygen atoms in total. The second-order valence-corrected chi connectivity index (χ2v) is 34.2. The number of hydrogen-bond acceptors (Lipinski definition) is 16. The Labute approximate surface area is 546 Å². The molecule has 87 heavy (non-hydrogen) atoms. The monoisotopic (exact) mass is 1260 g/mol. The molecule has 0 N–H and O–H groups in total. The lowest BCUT2D eigenvalue weighted by Crippen LogP contribution is -2.61. The van der Waals surface area contributed by atoms with Crippen LogP contribution in [-0.2, 0) is 9.47 Å². The van der Waals surface area contributed by atoms with Crippen LogP contribution in [0.25, 0.3) is 0 Å². The van der Waals surface area contributed by atoms with E-state index in [2.05, 4.69) is 148 Å². The van der Waals surface area contributed by atoms with Gasteiger partial charge in [0.05, 0.1) is 25.4 Å².